The molecule has 0 unspecified atom stereocenters. The predicted molar refractivity (Wildman–Crippen MR) is 105 cm³/mol. The van der Waals surface area contributed by atoms with Gasteiger partial charge in [-0.05, 0) is 35.9 Å². The highest BCUT2D eigenvalue weighted by molar-refractivity contribution is 6.09. The van der Waals surface area contributed by atoms with E-state index in [0.717, 1.165) is 5.56 Å². The number of aromatic nitrogens is 3. The van der Waals surface area contributed by atoms with Gasteiger partial charge >= 0.3 is 0 Å². The van der Waals surface area contributed by atoms with Crippen LogP contribution in [0, 0.1) is 5.82 Å². The summed E-state index contributed by atoms with van der Waals surface area (Å²) in [4.78, 5) is 33.6. The van der Waals surface area contributed by atoms with E-state index in [4.69, 9.17) is 0 Å². The van der Waals surface area contributed by atoms with Gasteiger partial charge in [0.05, 0.1) is 11.2 Å². The molecule has 144 valence electrons. The quantitative estimate of drug-likeness (QED) is 0.549. The number of fused-ring (bicyclic) bond motifs is 1. The number of nitrogens with one attached hydrogen (secondary N) is 2. The number of carbonyl (C=O) groups excluding carboxylic acids is 2. The average molecular weight is 389 g/mol. The van der Waals surface area contributed by atoms with Crippen LogP contribution in [0.3, 0.4) is 0 Å². The van der Waals surface area contributed by atoms with Crippen LogP contribution in [-0.2, 0) is 6.54 Å². The van der Waals surface area contributed by atoms with E-state index in [0.29, 0.717) is 5.52 Å². The lowest BCUT2D eigenvalue weighted by atomic mass is 10.2. The topological polar surface area (TPSA) is 88.4 Å². The summed E-state index contributed by atoms with van der Waals surface area (Å²) in [6.07, 6.45) is 4.94. The maximum atomic E-state index is 13.9. The molecule has 0 atom stereocenters. The number of hydrogen-bond donors (Lipinski definition) is 2. The number of carbonyl (C=O) groups is 2. The van der Waals surface area contributed by atoms with Gasteiger partial charge in [-0.25, -0.2) is 9.37 Å². The van der Waals surface area contributed by atoms with E-state index in [9.17, 15) is 14.0 Å². The van der Waals surface area contributed by atoms with Gasteiger partial charge in [0.25, 0.3) is 11.8 Å². The van der Waals surface area contributed by atoms with Crippen LogP contribution >= 0.6 is 0 Å². The van der Waals surface area contributed by atoms with Gasteiger partial charge in [0.15, 0.2) is 5.69 Å². The zero-order chi connectivity index (χ0) is 20.2. The van der Waals surface area contributed by atoms with Crippen LogP contribution in [0.15, 0.2) is 73.2 Å². The third-order valence-electron chi connectivity index (χ3n) is 4.26. The Balaban J connectivity index is 1.62. The zero-order valence-electron chi connectivity index (χ0n) is 15.2. The Morgan fingerprint density at radius 2 is 1.83 bits per heavy atom. The van der Waals surface area contributed by atoms with E-state index in [2.05, 4.69) is 20.6 Å². The van der Waals surface area contributed by atoms with Crippen LogP contribution in [-0.4, -0.2) is 26.2 Å². The van der Waals surface area contributed by atoms with Gasteiger partial charge in [0.2, 0.25) is 5.82 Å². The number of para-hydroxylation sites is 1. The number of nitrogens with zero attached hydrogens (tertiary/aromatic N) is 3. The second kappa shape index (κ2) is 7.89. The van der Waals surface area contributed by atoms with Crippen LogP contribution in [0.25, 0.3) is 5.52 Å². The fourth-order valence-electron chi connectivity index (χ4n) is 2.87. The Morgan fingerprint density at radius 3 is 2.62 bits per heavy atom. The molecule has 0 saturated carbocycles. The fourth-order valence-corrected chi connectivity index (χ4v) is 2.87. The fraction of sp³-hybridized carbons (Fsp3) is 0.0476. The van der Waals surface area contributed by atoms with Crippen molar-refractivity contribution in [2.24, 2.45) is 0 Å². The van der Waals surface area contributed by atoms with Gasteiger partial charge in [-0.3, -0.25) is 19.0 Å². The monoisotopic (exact) mass is 389 g/mol. The number of amides is 2. The third kappa shape index (κ3) is 3.81. The maximum absolute atomic E-state index is 13.9. The van der Waals surface area contributed by atoms with Crippen LogP contribution in [0.2, 0.25) is 0 Å². The molecule has 0 bridgehead atoms. The van der Waals surface area contributed by atoms with Crippen molar-refractivity contribution >= 4 is 23.0 Å². The predicted octanol–water partition coefficient (Wildman–Crippen LogP) is 3.05. The number of pyridine rings is 2. The molecule has 0 radical (unpaired) electrons. The Hall–Kier alpha value is -4.07. The van der Waals surface area contributed by atoms with Gasteiger partial charge in [-0.15, -0.1) is 0 Å². The summed E-state index contributed by atoms with van der Waals surface area (Å²) in [6.45, 7) is 0.269. The molecular formula is C21H16FN5O2. The molecule has 0 saturated heterocycles. The average Bonchev–Trinajstić information content (AvgIpc) is 3.14. The normalized spacial score (nSPS) is 10.7. The first-order chi connectivity index (χ1) is 14.1. The summed E-state index contributed by atoms with van der Waals surface area (Å²) in [5.74, 6) is -1.55. The number of benzene rings is 1. The number of hydrogen-bond acceptors (Lipinski definition) is 4. The van der Waals surface area contributed by atoms with E-state index < -0.39 is 17.6 Å². The largest absolute Gasteiger partial charge is 0.345 e. The van der Waals surface area contributed by atoms with Gasteiger partial charge in [-0.1, -0.05) is 24.3 Å². The summed E-state index contributed by atoms with van der Waals surface area (Å²) < 4.78 is 15.4. The molecule has 2 N–H and O–H groups in total. The standard InChI is InChI=1S/C21H16FN5O2/c22-15-7-1-2-8-16(15)25-20(28)18-17-9-3-4-11-27(17)19(26-18)21(29)24-13-14-6-5-10-23-12-14/h1-12H,13H2,(H,24,29)(H,25,28). The summed E-state index contributed by atoms with van der Waals surface area (Å²) in [7, 11) is 0. The van der Waals surface area contributed by atoms with Crippen molar-refractivity contribution in [3.05, 3.63) is 96.1 Å². The van der Waals surface area contributed by atoms with Crippen molar-refractivity contribution in [2.75, 3.05) is 5.32 Å². The van der Waals surface area contributed by atoms with Crippen LogP contribution in [0.4, 0.5) is 10.1 Å². The summed E-state index contributed by atoms with van der Waals surface area (Å²) >= 11 is 0. The molecule has 0 fully saturated rings. The summed E-state index contributed by atoms with van der Waals surface area (Å²) in [6, 6.07) is 14.6. The molecule has 0 aliphatic rings. The SMILES string of the molecule is O=C(Nc1ccccc1F)c1nc(C(=O)NCc2cccnc2)n2ccccc12. The second-order valence-electron chi connectivity index (χ2n) is 6.22. The molecule has 0 aliphatic heterocycles. The molecule has 3 heterocycles. The van der Waals surface area contributed by atoms with E-state index in [1.807, 2.05) is 6.07 Å². The van der Waals surface area contributed by atoms with Crippen molar-refractivity contribution < 1.29 is 14.0 Å². The van der Waals surface area contributed by atoms with Gasteiger partial charge < -0.3 is 10.6 Å². The molecule has 1 aromatic carbocycles. The number of imidazole rings is 1. The molecule has 2 amide bonds. The molecule has 0 aliphatic carbocycles. The van der Waals surface area contributed by atoms with Crippen molar-refractivity contribution in [3.63, 3.8) is 0 Å². The lowest BCUT2D eigenvalue weighted by Gasteiger charge is -2.04. The summed E-state index contributed by atoms with van der Waals surface area (Å²) in [5, 5.41) is 5.26. The van der Waals surface area contributed by atoms with Crippen molar-refractivity contribution in [3.8, 4) is 0 Å². The van der Waals surface area contributed by atoms with Gasteiger partial charge in [0.1, 0.15) is 5.82 Å². The first-order valence-electron chi connectivity index (χ1n) is 8.83. The molecule has 4 aromatic rings. The molecule has 29 heavy (non-hydrogen) atoms. The highest BCUT2D eigenvalue weighted by Gasteiger charge is 2.22. The van der Waals surface area contributed by atoms with Gasteiger partial charge in [-0.2, -0.15) is 0 Å². The Morgan fingerprint density at radius 1 is 1.00 bits per heavy atom. The Bertz CT molecular complexity index is 1190. The highest BCUT2D eigenvalue weighted by atomic mass is 19.1. The number of halogens is 1. The minimum atomic E-state index is -0.606. The van der Waals surface area contributed by atoms with Crippen molar-refractivity contribution in [2.45, 2.75) is 6.54 Å². The van der Waals surface area contributed by atoms with Crippen molar-refractivity contribution in [1.82, 2.24) is 19.7 Å². The lowest BCUT2D eigenvalue weighted by molar-refractivity contribution is 0.0940. The maximum Gasteiger partial charge on any atom is 0.287 e. The number of anilines is 1. The van der Waals surface area contributed by atoms with E-state index >= 15 is 0 Å². The minimum Gasteiger partial charge on any atom is -0.345 e. The van der Waals surface area contributed by atoms with Crippen molar-refractivity contribution in [1.29, 1.82) is 0 Å². The Labute approximate surface area is 165 Å². The smallest absolute Gasteiger partial charge is 0.287 e. The Kier molecular flexibility index (Phi) is 4.98. The highest BCUT2D eigenvalue weighted by Crippen LogP contribution is 2.18. The molecule has 7 nitrogen and oxygen atoms in total. The van der Waals surface area contributed by atoms with E-state index in [-0.39, 0.29) is 23.8 Å². The molecule has 3 aromatic heterocycles. The molecule has 8 heteroatoms. The van der Waals surface area contributed by atoms with Crippen LogP contribution < -0.4 is 10.6 Å². The van der Waals surface area contributed by atoms with Crippen LogP contribution in [0.1, 0.15) is 26.7 Å². The minimum absolute atomic E-state index is 0.0281. The second-order valence-corrected chi connectivity index (χ2v) is 6.22. The zero-order valence-corrected chi connectivity index (χ0v) is 15.2. The third-order valence-corrected chi connectivity index (χ3v) is 4.26. The molecular weight excluding hydrogens is 373 g/mol. The van der Waals surface area contributed by atoms with Crippen LogP contribution in [0.5, 0.6) is 0 Å². The van der Waals surface area contributed by atoms with E-state index in [1.54, 1.807) is 48.9 Å². The van der Waals surface area contributed by atoms with Gasteiger partial charge in [0, 0.05) is 25.1 Å². The number of rotatable bonds is 5. The van der Waals surface area contributed by atoms with E-state index in [1.165, 1.54) is 22.6 Å². The molecule has 0 spiro atoms. The molecule has 4 rings (SSSR count). The lowest BCUT2D eigenvalue weighted by Crippen LogP contribution is -2.25. The first kappa shape index (κ1) is 18.3. The first-order valence-corrected chi connectivity index (χ1v) is 8.83. The summed E-state index contributed by atoms with van der Waals surface area (Å²) in [5.41, 5.74) is 1.34.